The first-order valence-electron chi connectivity index (χ1n) is 7.35. The van der Waals surface area contributed by atoms with Crippen LogP contribution in [-0.4, -0.2) is 39.0 Å². The van der Waals surface area contributed by atoms with Gasteiger partial charge >= 0.3 is 0 Å². The van der Waals surface area contributed by atoms with Crippen molar-refractivity contribution in [2.24, 2.45) is 5.73 Å². The van der Waals surface area contributed by atoms with Crippen LogP contribution in [0.5, 0.6) is 0 Å². The van der Waals surface area contributed by atoms with Gasteiger partial charge in [-0.25, -0.2) is 9.97 Å². The molecule has 4 heterocycles. The second kappa shape index (κ2) is 4.70. The molecule has 1 amide bonds. The van der Waals surface area contributed by atoms with Crippen molar-refractivity contribution >= 4 is 22.8 Å². The highest BCUT2D eigenvalue weighted by Gasteiger charge is 2.34. The highest BCUT2D eigenvalue weighted by Crippen LogP contribution is 2.31. The first-order valence-corrected chi connectivity index (χ1v) is 7.35. The average molecular weight is 286 g/mol. The zero-order valence-corrected chi connectivity index (χ0v) is 11.6. The molecule has 2 aromatic heterocycles. The van der Waals surface area contributed by atoms with Gasteiger partial charge in [-0.05, 0) is 25.7 Å². The van der Waals surface area contributed by atoms with Crippen molar-refractivity contribution in [3.63, 3.8) is 0 Å². The molecule has 0 aromatic carbocycles. The molecule has 2 saturated heterocycles. The Bertz CT molecular complexity index is 684. The topological polar surface area (TPSA) is 109 Å². The molecule has 2 aromatic rings. The number of fused-ring (bicyclic) bond motifs is 3. The van der Waals surface area contributed by atoms with Gasteiger partial charge in [0.05, 0.1) is 17.6 Å². The Morgan fingerprint density at radius 2 is 2.05 bits per heavy atom. The number of carbonyl (C=O) groups excluding carboxylic acids is 1. The van der Waals surface area contributed by atoms with Gasteiger partial charge in [-0.15, -0.1) is 0 Å². The molecule has 5 N–H and O–H groups in total. The lowest BCUT2D eigenvalue weighted by molar-refractivity contribution is 0.100. The molecule has 4 rings (SSSR count). The lowest BCUT2D eigenvalue weighted by Gasteiger charge is -2.30. The van der Waals surface area contributed by atoms with Gasteiger partial charge in [-0.3, -0.25) is 4.79 Å². The predicted molar refractivity (Wildman–Crippen MR) is 79.0 cm³/mol. The Hall–Kier alpha value is -2.15. The molecule has 110 valence electrons. The smallest absolute Gasteiger partial charge is 0.252 e. The Morgan fingerprint density at radius 1 is 1.29 bits per heavy atom. The first kappa shape index (κ1) is 12.6. The number of aromatic nitrogens is 3. The summed E-state index contributed by atoms with van der Waals surface area (Å²) >= 11 is 0. The summed E-state index contributed by atoms with van der Waals surface area (Å²) in [7, 11) is 0. The van der Waals surface area contributed by atoms with Crippen LogP contribution >= 0.6 is 0 Å². The number of pyridine rings is 1. The molecule has 21 heavy (non-hydrogen) atoms. The van der Waals surface area contributed by atoms with Crippen molar-refractivity contribution in [2.45, 2.75) is 43.8 Å². The Balaban J connectivity index is 1.69. The second-order valence-corrected chi connectivity index (χ2v) is 5.96. The molecule has 1 unspecified atom stereocenters. The standard InChI is InChI=1S/C14H18N6O/c15-13(21)10-5-16-14-12(17-6-18-14)11(10)20-9-3-7-1-2-8(4-9)19-7/h5-9,19H,1-4H2,(H2,15,21)(H2,16,17,18,20)/t7-,8+,9?. The maximum atomic E-state index is 11.7. The molecular weight excluding hydrogens is 268 g/mol. The minimum absolute atomic E-state index is 0.343. The summed E-state index contributed by atoms with van der Waals surface area (Å²) in [5, 5.41) is 7.12. The van der Waals surface area contributed by atoms with E-state index in [1.165, 1.54) is 19.0 Å². The van der Waals surface area contributed by atoms with Crippen LogP contribution in [0.2, 0.25) is 0 Å². The van der Waals surface area contributed by atoms with E-state index in [2.05, 4.69) is 25.6 Å². The molecule has 2 fully saturated rings. The maximum absolute atomic E-state index is 11.7. The van der Waals surface area contributed by atoms with Gasteiger partial charge in [0.2, 0.25) is 0 Å². The van der Waals surface area contributed by atoms with Gasteiger partial charge in [-0.1, -0.05) is 0 Å². The fraction of sp³-hybridized carbons (Fsp3) is 0.500. The number of aromatic amines is 1. The third kappa shape index (κ3) is 2.13. The number of carbonyl (C=O) groups is 1. The van der Waals surface area contributed by atoms with Crippen LogP contribution < -0.4 is 16.4 Å². The molecule has 0 aliphatic carbocycles. The van der Waals surface area contributed by atoms with Crippen molar-refractivity contribution in [1.29, 1.82) is 0 Å². The maximum Gasteiger partial charge on any atom is 0.252 e. The van der Waals surface area contributed by atoms with Gasteiger partial charge in [0.25, 0.3) is 5.91 Å². The van der Waals surface area contributed by atoms with E-state index in [0.29, 0.717) is 29.3 Å². The summed E-state index contributed by atoms with van der Waals surface area (Å²) in [5.41, 5.74) is 7.97. The monoisotopic (exact) mass is 286 g/mol. The summed E-state index contributed by atoms with van der Waals surface area (Å²) in [5.74, 6) is -0.474. The number of hydrogen-bond donors (Lipinski definition) is 4. The molecule has 7 nitrogen and oxygen atoms in total. The van der Waals surface area contributed by atoms with Gasteiger partial charge in [0.15, 0.2) is 5.65 Å². The summed E-state index contributed by atoms with van der Waals surface area (Å²) in [6.07, 6.45) is 7.69. The minimum Gasteiger partial charge on any atom is -0.380 e. The normalized spacial score (nSPS) is 27.9. The SMILES string of the molecule is NC(=O)c1cnc2nc[nH]c2c1NC1C[C@H]2CC[C@@H](C1)N2. The van der Waals surface area contributed by atoms with E-state index in [4.69, 9.17) is 5.73 Å². The zero-order chi connectivity index (χ0) is 14.4. The number of anilines is 1. The summed E-state index contributed by atoms with van der Waals surface area (Å²) in [4.78, 5) is 23.0. The Kier molecular flexibility index (Phi) is 2.81. The Labute approximate surface area is 121 Å². The number of nitrogens with one attached hydrogen (secondary N) is 3. The summed E-state index contributed by atoms with van der Waals surface area (Å²) in [6, 6.07) is 1.51. The number of nitrogens with two attached hydrogens (primary N) is 1. The molecule has 0 saturated carbocycles. The number of imidazole rings is 1. The lowest BCUT2D eigenvalue weighted by atomic mass is 9.99. The van der Waals surface area contributed by atoms with Crippen molar-refractivity contribution in [1.82, 2.24) is 20.3 Å². The minimum atomic E-state index is -0.474. The van der Waals surface area contributed by atoms with Crippen LogP contribution in [0.25, 0.3) is 11.2 Å². The van der Waals surface area contributed by atoms with Gasteiger partial charge in [0, 0.05) is 24.3 Å². The molecular formula is C14H18N6O. The zero-order valence-electron chi connectivity index (χ0n) is 11.6. The number of rotatable bonds is 3. The van der Waals surface area contributed by atoms with Crippen LogP contribution in [0.1, 0.15) is 36.0 Å². The molecule has 3 atom stereocenters. The van der Waals surface area contributed by atoms with Crippen LogP contribution in [0, 0.1) is 0 Å². The lowest BCUT2D eigenvalue weighted by Crippen LogP contribution is -2.43. The number of primary amides is 1. The number of nitrogens with zero attached hydrogens (tertiary/aromatic N) is 2. The number of amides is 1. The van der Waals surface area contributed by atoms with Gasteiger partial charge < -0.3 is 21.4 Å². The fourth-order valence-electron chi connectivity index (χ4n) is 3.61. The van der Waals surface area contributed by atoms with Crippen LogP contribution in [0.4, 0.5) is 5.69 Å². The fourth-order valence-corrected chi connectivity index (χ4v) is 3.61. The largest absolute Gasteiger partial charge is 0.380 e. The quantitative estimate of drug-likeness (QED) is 0.666. The third-order valence-electron chi connectivity index (χ3n) is 4.54. The molecule has 2 bridgehead atoms. The van der Waals surface area contributed by atoms with E-state index < -0.39 is 5.91 Å². The van der Waals surface area contributed by atoms with Crippen LogP contribution in [-0.2, 0) is 0 Å². The molecule has 2 aliphatic rings. The van der Waals surface area contributed by atoms with Crippen molar-refractivity contribution in [2.75, 3.05) is 5.32 Å². The molecule has 7 heteroatoms. The van der Waals surface area contributed by atoms with Crippen molar-refractivity contribution in [3.05, 3.63) is 18.1 Å². The van der Waals surface area contributed by atoms with Crippen molar-refractivity contribution in [3.8, 4) is 0 Å². The Morgan fingerprint density at radius 3 is 2.76 bits per heavy atom. The van der Waals surface area contributed by atoms with Crippen molar-refractivity contribution < 1.29 is 4.79 Å². The third-order valence-corrected chi connectivity index (χ3v) is 4.54. The number of H-pyrrole nitrogens is 1. The van der Waals surface area contributed by atoms with Gasteiger partial charge in [0.1, 0.15) is 5.52 Å². The summed E-state index contributed by atoms with van der Waals surface area (Å²) in [6.45, 7) is 0. The second-order valence-electron chi connectivity index (χ2n) is 5.96. The highest BCUT2D eigenvalue weighted by atomic mass is 16.1. The summed E-state index contributed by atoms with van der Waals surface area (Å²) < 4.78 is 0. The molecule has 0 radical (unpaired) electrons. The molecule has 0 spiro atoms. The van der Waals surface area contributed by atoms with Crippen LogP contribution in [0.3, 0.4) is 0 Å². The van der Waals surface area contributed by atoms with E-state index in [-0.39, 0.29) is 0 Å². The molecule has 2 aliphatic heterocycles. The first-order chi connectivity index (χ1) is 10.2. The van der Waals surface area contributed by atoms with Crippen LogP contribution in [0.15, 0.2) is 12.5 Å². The van der Waals surface area contributed by atoms with E-state index in [0.717, 1.165) is 24.0 Å². The highest BCUT2D eigenvalue weighted by molar-refractivity contribution is 6.04. The van der Waals surface area contributed by atoms with E-state index in [1.807, 2.05) is 0 Å². The van der Waals surface area contributed by atoms with Gasteiger partial charge in [-0.2, -0.15) is 0 Å². The number of hydrogen-bond acceptors (Lipinski definition) is 5. The average Bonchev–Trinajstić information content (AvgIpc) is 3.05. The van der Waals surface area contributed by atoms with E-state index in [9.17, 15) is 4.79 Å². The predicted octanol–water partition coefficient (Wildman–Crippen LogP) is 0.752. The van der Waals surface area contributed by atoms with E-state index >= 15 is 0 Å². The van der Waals surface area contributed by atoms with E-state index in [1.54, 1.807) is 6.33 Å². The number of piperidine rings is 1.